The summed E-state index contributed by atoms with van der Waals surface area (Å²) in [5.41, 5.74) is 1.67. The molecule has 0 N–H and O–H groups in total. The molecule has 1 aromatic heterocycles. The third-order valence-electron chi connectivity index (χ3n) is 2.76. The second-order valence-electron chi connectivity index (χ2n) is 4.03. The summed E-state index contributed by atoms with van der Waals surface area (Å²) in [6.45, 7) is 2.95. The van der Waals surface area contributed by atoms with Crippen molar-refractivity contribution in [2.24, 2.45) is 0 Å². The molecular formula is C13H15N5. The van der Waals surface area contributed by atoms with Gasteiger partial charge in [-0.15, -0.1) is 5.10 Å². The van der Waals surface area contributed by atoms with E-state index in [0.29, 0.717) is 5.56 Å². The molecule has 0 bridgehead atoms. The van der Waals surface area contributed by atoms with Crippen molar-refractivity contribution in [3.63, 3.8) is 0 Å². The molecule has 1 aromatic carbocycles. The van der Waals surface area contributed by atoms with Crippen molar-refractivity contribution in [1.82, 2.24) is 15.0 Å². The number of aryl methyl sites for hydroxylation is 1. The standard InChI is InChI=1S/C13H15N5/c1-3-8-18-13(10-15-16-18)17(2)12-6-4-11(9-14)5-7-12/h4-7,10H,3,8H2,1-2H3. The summed E-state index contributed by atoms with van der Waals surface area (Å²) in [6, 6.07) is 9.56. The molecule has 5 heteroatoms. The summed E-state index contributed by atoms with van der Waals surface area (Å²) in [4.78, 5) is 2.01. The van der Waals surface area contributed by atoms with Crippen LogP contribution in [0.25, 0.3) is 0 Å². The maximum atomic E-state index is 8.78. The lowest BCUT2D eigenvalue weighted by atomic mass is 10.2. The Morgan fingerprint density at radius 3 is 2.67 bits per heavy atom. The Labute approximate surface area is 106 Å². The van der Waals surface area contributed by atoms with E-state index in [0.717, 1.165) is 24.5 Å². The predicted octanol–water partition coefficient (Wildman–Crippen LogP) is 2.33. The van der Waals surface area contributed by atoms with Gasteiger partial charge in [0.1, 0.15) is 0 Å². The van der Waals surface area contributed by atoms with Gasteiger partial charge in [-0.2, -0.15) is 5.26 Å². The summed E-state index contributed by atoms with van der Waals surface area (Å²) in [6.07, 6.45) is 2.76. The van der Waals surface area contributed by atoms with E-state index in [1.165, 1.54) is 0 Å². The van der Waals surface area contributed by atoms with Crippen LogP contribution < -0.4 is 4.90 Å². The Morgan fingerprint density at radius 1 is 1.33 bits per heavy atom. The fraction of sp³-hybridized carbons (Fsp3) is 0.308. The Morgan fingerprint density at radius 2 is 2.06 bits per heavy atom. The highest BCUT2D eigenvalue weighted by molar-refractivity contribution is 5.59. The summed E-state index contributed by atoms with van der Waals surface area (Å²) in [5.74, 6) is 0.946. The molecule has 92 valence electrons. The zero-order valence-corrected chi connectivity index (χ0v) is 10.5. The third kappa shape index (κ3) is 2.33. The monoisotopic (exact) mass is 241 g/mol. The average molecular weight is 241 g/mol. The number of nitriles is 1. The van der Waals surface area contributed by atoms with Crippen molar-refractivity contribution in [2.45, 2.75) is 19.9 Å². The van der Waals surface area contributed by atoms with E-state index in [1.54, 1.807) is 18.3 Å². The first kappa shape index (κ1) is 12.1. The van der Waals surface area contributed by atoms with Gasteiger partial charge in [0.15, 0.2) is 5.82 Å². The van der Waals surface area contributed by atoms with Crippen molar-refractivity contribution in [2.75, 3.05) is 11.9 Å². The smallest absolute Gasteiger partial charge is 0.151 e. The van der Waals surface area contributed by atoms with E-state index < -0.39 is 0 Å². The van der Waals surface area contributed by atoms with Gasteiger partial charge in [0.2, 0.25) is 0 Å². The lowest BCUT2D eigenvalue weighted by molar-refractivity contribution is 0.579. The van der Waals surface area contributed by atoms with Crippen molar-refractivity contribution in [3.05, 3.63) is 36.0 Å². The molecule has 0 aliphatic carbocycles. The van der Waals surface area contributed by atoms with Crippen LogP contribution in [-0.4, -0.2) is 22.0 Å². The molecule has 18 heavy (non-hydrogen) atoms. The second-order valence-corrected chi connectivity index (χ2v) is 4.03. The van der Waals surface area contributed by atoms with Crippen molar-refractivity contribution in [1.29, 1.82) is 5.26 Å². The van der Waals surface area contributed by atoms with Crippen LogP contribution in [0.15, 0.2) is 30.5 Å². The first-order chi connectivity index (χ1) is 8.76. The van der Waals surface area contributed by atoms with Gasteiger partial charge >= 0.3 is 0 Å². The highest BCUT2D eigenvalue weighted by Crippen LogP contribution is 2.22. The van der Waals surface area contributed by atoms with Crippen LogP contribution >= 0.6 is 0 Å². The SMILES string of the molecule is CCCn1nncc1N(C)c1ccc(C#N)cc1. The lowest BCUT2D eigenvalue weighted by Crippen LogP contribution is -2.15. The van der Waals surface area contributed by atoms with Gasteiger partial charge in [-0.1, -0.05) is 12.1 Å². The molecule has 5 nitrogen and oxygen atoms in total. The minimum Gasteiger partial charge on any atom is -0.328 e. The van der Waals surface area contributed by atoms with Crippen LogP contribution in [0.4, 0.5) is 11.5 Å². The highest BCUT2D eigenvalue weighted by Gasteiger charge is 2.10. The van der Waals surface area contributed by atoms with E-state index >= 15 is 0 Å². The number of nitrogens with zero attached hydrogens (tertiary/aromatic N) is 5. The van der Waals surface area contributed by atoms with Crippen molar-refractivity contribution < 1.29 is 0 Å². The topological polar surface area (TPSA) is 57.7 Å². The Bertz CT molecular complexity index is 550. The first-order valence-electron chi connectivity index (χ1n) is 5.88. The fourth-order valence-corrected chi connectivity index (χ4v) is 1.77. The highest BCUT2D eigenvalue weighted by atomic mass is 15.5. The van der Waals surface area contributed by atoms with Crippen LogP contribution in [-0.2, 0) is 6.54 Å². The minimum atomic E-state index is 0.660. The number of anilines is 2. The van der Waals surface area contributed by atoms with Crippen molar-refractivity contribution >= 4 is 11.5 Å². The Hall–Kier alpha value is -2.35. The zero-order valence-electron chi connectivity index (χ0n) is 10.5. The van der Waals surface area contributed by atoms with E-state index in [1.807, 2.05) is 28.8 Å². The molecule has 2 rings (SSSR count). The van der Waals surface area contributed by atoms with Crippen LogP contribution in [0.1, 0.15) is 18.9 Å². The molecule has 0 atom stereocenters. The maximum absolute atomic E-state index is 8.78. The molecule has 0 aliphatic rings. The molecule has 0 saturated carbocycles. The Balaban J connectivity index is 2.26. The Kier molecular flexibility index (Phi) is 3.58. The first-order valence-corrected chi connectivity index (χ1v) is 5.88. The summed E-state index contributed by atoms with van der Waals surface area (Å²) < 4.78 is 1.87. The van der Waals surface area contributed by atoms with Crippen LogP contribution in [0.2, 0.25) is 0 Å². The fourth-order valence-electron chi connectivity index (χ4n) is 1.77. The molecule has 1 heterocycles. The van der Waals surface area contributed by atoms with Gasteiger partial charge in [-0.3, -0.25) is 0 Å². The van der Waals surface area contributed by atoms with Gasteiger partial charge < -0.3 is 4.90 Å². The predicted molar refractivity (Wildman–Crippen MR) is 69.5 cm³/mol. The number of rotatable bonds is 4. The quantitative estimate of drug-likeness (QED) is 0.824. The van der Waals surface area contributed by atoms with Gasteiger partial charge in [0, 0.05) is 19.3 Å². The third-order valence-corrected chi connectivity index (χ3v) is 2.76. The second kappa shape index (κ2) is 5.32. The lowest BCUT2D eigenvalue weighted by Gasteiger charge is -2.19. The van der Waals surface area contributed by atoms with Gasteiger partial charge in [-0.25, -0.2) is 4.68 Å². The molecule has 0 spiro atoms. The van der Waals surface area contributed by atoms with Crippen LogP contribution in [0.5, 0.6) is 0 Å². The van der Waals surface area contributed by atoms with Gasteiger partial charge in [-0.05, 0) is 30.7 Å². The number of benzene rings is 1. The molecule has 0 radical (unpaired) electrons. The van der Waals surface area contributed by atoms with E-state index in [4.69, 9.17) is 5.26 Å². The van der Waals surface area contributed by atoms with Crippen LogP contribution in [0.3, 0.4) is 0 Å². The summed E-state index contributed by atoms with van der Waals surface area (Å²) in [5, 5.41) is 16.8. The molecule has 0 amide bonds. The molecule has 0 saturated heterocycles. The molecule has 0 aliphatic heterocycles. The molecular weight excluding hydrogens is 226 g/mol. The number of aromatic nitrogens is 3. The summed E-state index contributed by atoms with van der Waals surface area (Å²) >= 11 is 0. The van der Waals surface area contributed by atoms with Crippen molar-refractivity contribution in [3.8, 4) is 6.07 Å². The van der Waals surface area contributed by atoms with E-state index in [9.17, 15) is 0 Å². The number of hydrogen-bond acceptors (Lipinski definition) is 4. The summed E-state index contributed by atoms with van der Waals surface area (Å²) in [7, 11) is 1.96. The largest absolute Gasteiger partial charge is 0.328 e. The number of hydrogen-bond donors (Lipinski definition) is 0. The normalized spacial score (nSPS) is 10.1. The van der Waals surface area contributed by atoms with Crippen LogP contribution in [0, 0.1) is 11.3 Å². The van der Waals surface area contributed by atoms with E-state index in [-0.39, 0.29) is 0 Å². The minimum absolute atomic E-state index is 0.660. The molecule has 0 unspecified atom stereocenters. The maximum Gasteiger partial charge on any atom is 0.151 e. The molecule has 2 aromatic rings. The van der Waals surface area contributed by atoms with E-state index in [2.05, 4.69) is 23.3 Å². The zero-order chi connectivity index (χ0) is 13.0. The molecule has 0 fully saturated rings. The average Bonchev–Trinajstić information content (AvgIpc) is 2.87. The van der Waals surface area contributed by atoms with Gasteiger partial charge in [0.05, 0.1) is 17.8 Å². The van der Waals surface area contributed by atoms with Gasteiger partial charge in [0.25, 0.3) is 0 Å².